The Hall–Kier alpha value is -4.50. The van der Waals surface area contributed by atoms with E-state index in [2.05, 4.69) is 4.74 Å². The van der Waals surface area contributed by atoms with Gasteiger partial charge in [-0.1, -0.05) is 24.3 Å². The van der Waals surface area contributed by atoms with E-state index in [4.69, 9.17) is 4.74 Å². The highest BCUT2D eigenvalue weighted by atomic mass is 19.4. The first-order chi connectivity index (χ1) is 20.8. The SMILES string of the molecule is COc1ccc(C(c2ccc(Oc3c(F)c(F)c(-c4c(F)c(F)c(C)c(F)c4F)c(F)c3F)cc2)(C(F)(F)F)C(F)(F)F)cc1. The molecule has 45 heavy (non-hydrogen) atoms. The summed E-state index contributed by atoms with van der Waals surface area (Å²) in [4.78, 5) is 0. The summed E-state index contributed by atoms with van der Waals surface area (Å²) in [5.74, 6) is -22.3. The van der Waals surface area contributed by atoms with Crippen molar-refractivity contribution in [3.8, 4) is 28.4 Å². The molecule has 0 aliphatic carbocycles. The van der Waals surface area contributed by atoms with E-state index in [1.54, 1.807) is 0 Å². The van der Waals surface area contributed by atoms with Crippen LogP contribution in [0.4, 0.5) is 61.5 Å². The van der Waals surface area contributed by atoms with Crippen molar-refractivity contribution in [3.05, 3.63) is 112 Å². The number of methoxy groups -OCH3 is 1. The van der Waals surface area contributed by atoms with Gasteiger partial charge in [0.25, 0.3) is 0 Å². The van der Waals surface area contributed by atoms with E-state index in [9.17, 15) is 61.5 Å². The Morgan fingerprint density at radius 2 is 0.800 bits per heavy atom. The second kappa shape index (κ2) is 11.5. The molecule has 0 amide bonds. The minimum atomic E-state index is -6.03. The quantitative estimate of drug-likeness (QED) is 0.152. The topological polar surface area (TPSA) is 18.5 Å². The maximum Gasteiger partial charge on any atom is 0.411 e. The number of hydrogen-bond donors (Lipinski definition) is 0. The first kappa shape index (κ1) is 33.4. The summed E-state index contributed by atoms with van der Waals surface area (Å²) in [6.07, 6.45) is -12.1. The molecule has 0 N–H and O–H groups in total. The molecular weight excluding hydrogens is 646 g/mol. The fourth-order valence-corrected chi connectivity index (χ4v) is 4.60. The lowest BCUT2D eigenvalue weighted by Gasteiger charge is -2.38. The second-order valence-corrected chi connectivity index (χ2v) is 9.32. The fourth-order valence-electron chi connectivity index (χ4n) is 4.60. The van der Waals surface area contributed by atoms with E-state index < -0.39 is 104 Å². The Morgan fingerprint density at radius 3 is 1.13 bits per heavy atom. The zero-order chi connectivity index (χ0) is 33.8. The molecule has 0 radical (unpaired) electrons. The van der Waals surface area contributed by atoms with E-state index in [1.165, 1.54) is 0 Å². The molecule has 0 spiro atoms. The number of alkyl halides is 6. The van der Waals surface area contributed by atoms with Crippen molar-refractivity contribution in [2.24, 2.45) is 0 Å². The van der Waals surface area contributed by atoms with Crippen LogP contribution in [0.1, 0.15) is 16.7 Å². The normalized spacial score (nSPS) is 12.4. The van der Waals surface area contributed by atoms with Crippen molar-refractivity contribution < 1.29 is 70.9 Å². The molecule has 4 aromatic rings. The summed E-state index contributed by atoms with van der Waals surface area (Å²) in [6, 6.07) is 3.87. The van der Waals surface area contributed by atoms with Gasteiger partial charge in [0.05, 0.1) is 18.2 Å². The van der Waals surface area contributed by atoms with Gasteiger partial charge < -0.3 is 9.47 Å². The van der Waals surface area contributed by atoms with Crippen LogP contribution < -0.4 is 9.47 Å². The van der Waals surface area contributed by atoms with Gasteiger partial charge in [-0.05, 0) is 42.3 Å². The summed E-state index contributed by atoms with van der Waals surface area (Å²) >= 11 is 0. The number of benzene rings is 4. The number of hydrogen-bond acceptors (Lipinski definition) is 2. The minimum absolute atomic E-state index is 0.0709. The molecule has 0 bridgehead atoms. The summed E-state index contributed by atoms with van der Waals surface area (Å²) < 4.78 is 211. The summed E-state index contributed by atoms with van der Waals surface area (Å²) in [6.45, 7) is 0.557. The molecular formula is C29H14F14O2. The van der Waals surface area contributed by atoms with Crippen LogP contribution in [0, 0.1) is 53.5 Å². The average molecular weight is 660 g/mol. The highest BCUT2D eigenvalue weighted by Gasteiger charge is 2.72. The predicted octanol–water partition coefficient (Wildman–Crippen LogP) is 9.99. The van der Waals surface area contributed by atoms with Crippen molar-refractivity contribution in [2.45, 2.75) is 24.7 Å². The summed E-state index contributed by atoms with van der Waals surface area (Å²) in [5.41, 5.74) is -13.0. The highest BCUT2D eigenvalue weighted by molar-refractivity contribution is 5.69. The van der Waals surface area contributed by atoms with Crippen LogP contribution in [0.15, 0.2) is 48.5 Å². The monoisotopic (exact) mass is 660 g/mol. The van der Waals surface area contributed by atoms with Crippen LogP contribution in [-0.4, -0.2) is 19.5 Å². The van der Waals surface area contributed by atoms with Gasteiger partial charge in [0, 0.05) is 5.56 Å². The molecule has 240 valence electrons. The lowest BCUT2D eigenvalue weighted by molar-refractivity contribution is -0.288. The lowest BCUT2D eigenvalue weighted by Crippen LogP contribution is -2.54. The van der Waals surface area contributed by atoms with Crippen LogP contribution in [-0.2, 0) is 5.41 Å². The first-order valence-corrected chi connectivity index (χ1v) is 12.1. The van der Waals surface area contributed by atoms with Crippen molar-refractivity contribution in [1.29, 1.82) is 0 Å². The molecule has 0 aliphatic heterocycles. The molecule has 4 rings (SSSR count). The third-order valence-electron chi connectivity index (χ3n) is 6.84. The third kappa shape index (κ3) is 5.19. The van der Waals surface area contributed by atoms with Crippen molar-refractivity contribution in [2.75, 3.05) is 7.11 Å². The van der Waals surface area contributed by atoms with Crippen molar-refractivity contribution >= 4 is 0 Å². The van der Waals surface area contributed by atoms with Gasteiger partial charge in [-0.25, -0.2) is 26.3 Å². The Bertz CT molecular complexity index is 1690. The second-order valence-electron chi connectivity index (χ2n) is 9.32. The van der Waals surface area contributed by atoms with Gasteiger partial charge in [0.15, 0.2) is 34.9 Å². The smallest absolute Gasteiger partial charge is 0.411 e. The van der Waals surface area contributed by atoms with Crippen LogP contribution >= 0.6 is 0 Å². The van der Waals surface area contributed by atoms with E-state index in [1.807, 2.05) is 0 Å². The summed E-state index contributed by atoms with van der Waals surface area (Å²) in [5, 5.41) is 0. The molecule has 0 saturated carbocycles. The van der Waals surface area contributed by atoms with E-state index in [0.717, 1.165) is 19.2 Å². The Morgan fingerprint density at radius 1 is 0.467 bits per heavy atom. The maximum absolute atomic E-state index is 14.8. The lowest BCUT2D eigenvalue weighted by atomic mass is 9.73. The molecule has 0 unspecified atom stereocenters. The molecule has 0 fully saturated rings. The van der Waals surface area contributed by atoms with Gasteiger partial charge in [-0.2, -0.15) is 35.1 Å². The first-order valence-electron chi connectivity index (χ1n) is 12.1. The third-order valence-corrected chi connectivity index (χ3v) is 6.84. The Balaban J connectivity index is 1.84. The zero-order valence-corrected chi connectivity index (χ0v) is 22.2. The van der Waals surface area contributed by atoms with Crippen LogP contribution in [0.5, 0.6) is 17.2 Å². The highest BCUT2D eigenvalue weighted by Crippen LogP contribution is 2.56. The molecule has 0 heterocycles. The van der Waals surface area contributed by atoms with E-state index in [-0.39, 0.29) is 17.9 Å². The molecule has 0 aromatic heterocycles. The molecule has 16 heteroatoms. The summed E-state index contributed by atoms with van der Waals surface area (Å²) in [7, 11) is 1.12. The molecule has 2 nitrogen and oxygen atoms in total. The van der Waals surface area contributed by atoms with Gasteiger partial charge >= 0.3 is 12.4 Å². The Kier molecular flexibility index (Phi) is 8.50. The standard InChI is InChI=1S/C29H14F14O2/c1-11-18(30)20(32)16(21(33)19(11)31)17-22(34)24(36)26(25(37)23(17)35)45-15-9-5-13(6-10-15)27(28(38,39)40,29(41,42)43)12-3-7-14(44-2)8-4-12/h3-10H,1-2H3. The van der Waals surface area contributed by atoms with E-state index >= 15 is 0 Å². The fraction of sp³-hybridized carbons (Fsp3) is 0.172. The number of halogens is 14. The Labute approximate surface area is 243 Å². The average Bonchev–Trinajstić information content (AvgIpc) is 2.98. The van der Waals surface area contributed by atoms with Gasteiger partial charge in [0.1, 0.15) is 11.5 Å². The van der Waals surface area contributed by atoms with Gasteiger partial charge in [-0.3, -0.25) is 0 Å². The van der Waals surface area contributed by atoms with Crippen molar-refractivity contribution in [1.82, 2.24) is 0 Å². The van der Waals surface area contributed by atoms with Gasteiger partial charge in [0.2, 0.25) is 22.8 Å². The number of ether oxygens (including phenoxy) is 2. The molecule has 0 saturated heterocycles. The van der Waals surface area contributed by atoms with Gasteiger partial charge in [-0.15, -0.1) is 0 Å². The van der Waals surface area contributed by atoms with Crippen LogP contribution in [0.2, 0.25) is 0 Å². The molecule has 0 aliphatic rings. The zero-order valence-electron chi connectivity index (χ0n) is 22.2. The number of rotatable bonds is 6. The van der Waals surface area contributed by atoms with Crippen molar-refractivity contribution in [3.63, 3.8) is 0 Å². The predicted molar refractivity (Wildman–Crippen MR) is 129 cm³/mol. The largest absolute Gasteiger partial charge is 0.497 e. The van der Waals surface area contributed by atoms with Crippen LogP contribution in [0.3, 0.4) is 0 Å². The molecule has 4 aromatic carbocycles. The maximum atomic E-state index is 14.8. The minimum Gasteiger partial charge on any atom is -0.497 e. The molecule has 0 atom stereocenters. The van der Waals surface area contributed by atoms with Crippen LogP contribution in [0.25, 0.3) is 11.1 Å². The van der Waals surface area contributed by atoms with E-state index in [0.29, 0.717) is 31.2 Å².